The molecule has 0 amide bonds. The van der Waals surface area contributed by atoms with Crippen LogP contribution in [0.4, 0.5) is 11.5 Å². The summed E-state index contributed by atoms with van der Waals surface area (Å²) in [6, 6.07) is 6.74. The Kier molecular flexibility index (Phi) is 3.78. The molecule has 0 aromatic carbocycles. The van der Waals surface area contributed by atoms with Gasteiger partial charge in [0.2, 0.25) is 5.82 Å². The molecule has 18 heavy (non-hydrogen) atoms. The second-order valence-electron chi connectivity index (χ2n) is 3.64. The molecule has 0 unspecified atom stereocenters. The predicted molar refractivity (Wildman–Crippen MR) is 72.3 cm³/mol. The Morgan fingerprint density at radius 1 is 1.44 bits per heavy atom. The zero-order chi connectivity index (χ0) is 13.1. The first kappa shape index (κ1) is 12.8. The summed E-state index contributed by atoms with van der Waals surface area (Å²) in [6.45, 7) is 2.26. The number of nitrogens with zero attached hydrogens (tertiary/aromatic N) is 2. The molecule has 0 aliphatic heterocycles. The molecule has 0 atom stereocenters. The number of rotatable bonds is 4. The van der Waals surface area contributed by atoms with Crippen LogP contribution < -0.4 is 5.32 Å². The average molecular weight is 284 g/mol. The predicted octanol–water partition coefficient (Wildman–Crippen LogP) is 3.63. The van der Waals surface area contributed by atoms with Crippen LogP contribution in [0.15, 0.2) is 24.3 Å². The number of anilines is 1. The number of thiophene rings is 1. The van der Waals surface area contributed by atoms with E-state index in [9.17, 15) is 10.1 Å². The molecule has 1 N–H and O–H groups in total. The van der Waals surface area contributed by atoms with Crippen LogP contribution in [0.25, 0.3) is 0 Å². The average Bonchev–Trinajstić information content (AvgIpc) is 2.72. The van der Waals surface area contributed by atoms with Crippen molar-refractivity contribution in [3.05, 3.63) is 49.3 Å². The third-order valence-corrected chi connectivity index (χ3v) is 3.50. The molecule has 0 aliphatic carbocycles. The molecule has 7 heteroatoms. The lowest BCUT2D eigenvalue weighted by Crippen LogP contribution is -2.04. The fourth-order valence-corrected chi connectivity index (χ4v) is 2.47. The van der Waals surface area contributed by atoms with Gasteiger partial charge in [-0.05, 0) is 25.1 Å². The number of aryl methyl sites for hydroxylation is 1. The van der Waals surface area contributed by atoms with Gasteiger partial charge < -0.3 is 5.32 Å². The highest BCUT2D eigenvalue weighted by Crippen LogP contribution is 2.25. The standard InChI is InChI=1S/C11H10ClN3O2S/c1-7-2-4-9(15(16)17)11(14-7)13-6-8-3-5-10(12)18-8/h2-5H,6H2,1H3,(H,13,14). The van der Waals surface area contributed by atoms with E-state index < -0.39 is 4.92 Å². The maximum Gasteiger partial charge on any atom is 0.311 e. The molecule has 2 aromatic rings. The van der Waals surface area contributed by atoms with E-state index in [0.29, 0.717) is 10.9 Å². The lowest BCUT2D eigenvalue weighted by atomic mass is 10.3. The van der Waals surface area contributed by atoms with Gasteiger partial charge in [-0.15, -0.1) is 11.3 Å². The molecule has 2 heterocycles. The highest BCUT2D eigenvalue weighted by Gasteiger charge is 2.14. The summed E-state index contributed by atoms with van der Waals surface area (Å²) < 4.78 is 0.693. The van der Waals surface area contributed by atoms with Gasteiger partial charge in [-0.3, -0.25) is 10.1 Å². The fourth-order valence-electron chi connectivity index (χ4n) is 1.44. The van der Waals surface area contributed by atoms with E-state index in [1.54, 1.807) is 19.1 Å². The van der Waals surface area contributed by atoms with Gasteiger partial charge in [0.25, 0.3) is 0 Å². The van der Waals surface area contributed by atoms with E-state index in [0.717, 1.165) is 10.6 Å². The van der Waals surface area contributed by atoms with E-state index in [1.807, 2.05) is 6.07 Å². The number of nitrogens with one attached hydrogen (secondary N) is 1. The first-order chi connectivity index (χ1) is 8.56. The monoisotopic (exact) mass is 283 g/mol. The van der Waals surface area contributed by atoms with Crippen LogP contribution in [0.2, 0.25) is 4.34 Å². The van der Waals surface area contributed by atoms with Gasteiger partial charge >= 0.3 is 5.69 Å². The Balaban J connectivity index is 2.17. The van der Waals surface area contributed by atoms with Crippen molar-refractivity contribution in [2.45, 2.75) is 13.5 Å². The Bertz CT molecular complexity index is 585. The highest BCUT2D eigenvalue weighted by atomic mass is 35.5. The Hall–Kier alpha value is -1.66. The molecule has 0 radical (unpaired) electrons. The Morgan fingerprint density at radius 2 is 2.22 bits per heavy atom. The maximum atomic E-state index is 10.9. The summed E-state index contributed by atoms with van der Waals surface area (Å²) in [4.78, 5) is 15.5. The summed E-state index contributed by atoms with van der Waals surface area (Å²) in [6.07, 6.45) is 0. The van der Waals surface area contributed by atoms with Gasteiger partial charge in [-0.2, -0.15) is 0 Å². The van der Waals surface area contributed by atoms with Gasteiger partial charge in [0, 0.05) is 16.6 Å². The smallest absolute Gasteiger partial charge is 0.311 e. The molecule has 2 rings (SSSR count). The molecular weight excluding hydrogens is 274 g/mol. The van der Waals surface area contributed by atoms with Crippen LogP contribution in [0, 0.1) is 17.0 Å². The molecule has 0 aliphatic rings. The molecule has 0 bridgehead atoms. The largest absolute Gasteiger partial charge is 0.359 e. The van der Waals surface area contributed by atoms with E-state index in [-0.39, 0.29) is 11.5 Å². The number of aromatic nitrogens is 1. The lowest BCUT2D eigenvalue weighted by molar-refractivity contribution is -0.384. The van der Waals surface area contributed by atoms with Crippen molar-refractivity contribution in [1.29, 1.82) is 0 Å². The van der Waals surface area contributed by atoms with E-state index in [2.05, 4.69) is 10.3 Å². The number of halogens is 1. The summed E-state index contributed by atoms with van der Waals surface area (Å²) in [5.74, 6) is 0.282. The van der Waals surface area contributed by atoms with Crippen LogP contribution in [-0.2, 0) is 6.54 Å². The number of hydrogen-bond acceptors (Lipinski definition) is 5. The first-order valence-corrected chi connectivity index (χ1v) is 6.36. The molecule has 5 nitrogen and oxygen atoms in total. The Morgan fingerprint density at radius 3 is 2.83 bits per heavy atom. The summed E-state index contributed by atoms with van der Waals surface area (Å²) in [5.41, 5.74) is 0.704. The second kappa shape index (κ2) is 5.32. The molecule has 94 valence electrons. The minimum absolute atomic E-state index is 0.0248. The number of pyridine rings is 1. The lowest BCUT2D eigenvalue weighted by Gasteiger charge is -2.05. The van der Waals surface area contributed by atoms with Crippen LogP contribution >= 0.6 is 22.9 Å². The van der Waals surface area contributed by atoms with Gasteiger partial charge in [0.15, 0.2) is 0 Å². The molecule has 0 fully saturated rings. The first-order valence-electron chi connectivity index (χ1n) is 5.16. The van der Waals surface area contributed by atoms with Gasteiger partial charge in [-0.25, -0.2) is 4.98 Å². The fraction of sp³-hybridized carbons (Fsp3) is 0.182. The minimum atomic E-state index is -0.448. The van der Waals surface area contributed by atoms with Crippen LogP contribution in [-0.4, -0.2) is 9.91 Å². The SMILES string of the molecule is Cc1ccc([N+](=O)[O-])c(NCc2ccc(Cl)s2)n1. The molecule has 0 saturated carbocycles. The number of nitro groups is 1. The van der Waals surface area contributed by atoms with Gasteiger partial charge in [0.05, 0.1) is 15.8 Å². The molecular formula is C11H10ClN3O2S. The van der Waals surface area contributed by atoms with Crippen molar-refractivity contribution < 1.29 is 4.92 Å². The number of hydrogen-bond donors (Lipinski definition) is 1. The Labute approximate surface area is 113 Å². The normalized spacial score (nSPS) is 10.3. The maximum absolute atomic E-state index is 10.9. The van der Waals surface area contributed by atoms with Crippen LogP contribution in [0.1, 0.15) is 10.6 Å². The van der Waals surface area contributed by atoms with Crippen molar-refractivity contribution in [3.8, 4) is 0 Å². The zero-order valence-electron chi connectivity index (χ0n) is 9.51. The zero-order valence-corrected chi connectivity index (χ0v) is 11.1. The van der Waals surface area contributed by atoms with Crippen LogP contribution in [0.3, 0.4) is 0 Å². The summed E-state index contributed by atoms with van der Waals surface area (Å²) in [5, 5.41) is 13.8. The molecule has 0 spiro atoms. The van der Waals surface area contributed by atoms with Crippen molar-refractivity contribution >= 4 is 34.4 Å². The second-order valence-corrected chi connectivity index (χ2v) is 5.44. The molecule has 2 aromatic heterocycles. The van der Waals surface area contributed by atoms with Gasteiger partial charge in [-0.1, -0.05) is 11.6 Å². The third-order valence-electron chi connectivity index (χ3n) is 2.27. The van der Waals surface area contributed by atoms with Gasteiger partial charge in [0.1, 0.15) is 0 Å². The van der Waals surface area contributed by atoms with Crippen molar-refractivity contribution in [2.75, 3.05) is 5.32 Å². The minimum Gasteiger partial charge on any atom is -0.359 e. The summed E-state index contributed by atoms with van der Waals surface area (Å²) in [7, 11) is 0. The van der Waals surface area contributed by atoms with Crippen molar-refractivity contribution in [3.63, 3.8) is 0 Å². The van der Waals surface area contributed by atoms with E-state index >= 15 is 0 Å². The topological polar surface area (TPSA) is 68.1 Å². The highest BCUT2D eigenvalue weighted by molar-refractivity contribution is 7.16. The molecule has 0 saturated heterocycles. The third kappa shape index (κ3) is 2.96. The summed E-state index contributed by atoms with van der Waals surface area (Å²) >= 11 is 7.25. The van der Waals surface area contributed by atoms with Crippen molar-refractivity contribution in [1.82, 2.24) is 4.98 Å². The quantitative estimate of drug-likeness (QED) is 0.687. The van der Waals surface area contributed by atoms with E-state index in [1.165, 1.54) is 17.4 Å². The van der Waals surface area contributed by atoms with Crippen LogP contribution in [0.5, 0.6) is 0 Å². The van der Waals surface area contributed by atoms with Crippen molar-refractivity contribution in [2.24, 2.45) is 0 Å². The van der Waals surface area contributed by atoms with E-state index in [4.69, 9.17) is 11.6 Å².